The van der Waals surface area contributed by atoms with Crippen molar-refractivity contribution < 1.29 is 9.84 Å². The molecule has 1 aliphatic rings. The minimum atomic E-state index is -0.0821. The standard InChI is InChI=1S/C11H23NO2S/c1-11(9-13,12-10-3-4-10)5-7-15-8-6-14-2/h10,12-13H,3-9H2,1-2H3. The monoisotopic (exact) mass is 233 g/mol. The predicted octanol–water partition coefficient (Wildman–Crippen LogP) is 1.26. The highest BCUT2D eigenvalue weighted by atomic mass is 32.2. The summed E-state index contributed by atoms with van der Waals surface area (Å²) in [7, 11) is 1.73. The van der Waals surface area contributed by atoms with E-state index in [1.807, 2.05) is 11.8 Å². The van der Waals surface area contributed by atoms with Gasteiger partial charge in [-0.2, -0.15) is 11.8 Å². The summed E-state index contributed by atoms with van der Waals surface area (Å²) < 4.78 is 4.99. The van der Waals surface area contributed by atoms with E-state index in [9.17, 15) is 5.11 Å². The Morgan fingerprint density at radius 2 is 2.20 bits per heavy atom. The summed E-state index contributed by atoms with van der Waals surface area (Å²) in [6, 6.07) is 0.658. The third-order valence-electron chi connectivity index (χ3n) is 2.71. The molecule has 0 aromatic heterocycles. The van der Waals surface area contributed by atoms with Crippen molar-refractivity contribution >= 4 is 11.8 Å². The summed E-state index contributed by atoms with van der Waals surface area (Å²) in [6.07, 6.45) is 3.56. The van der Waals surface area contributed by atoms with E-state index in [1.165, 1.54) is 12.8 Å². The van der Waals surface area contributed by atoms with Crippen LogP contribution in [0.4, 0.5) is 0 Å². The van der Waals surface area contributed by atoms with E-state index in [0.717, 1.165) is 24.5 Å². The van der Waals surface area contributed by atoms with E-state index in [-0.39, 0.29) is 12.1 Å². The Hall–Kier alpha value is 0.230. The molecule has 1 atom stereocenters. The predicted molar refractivity (Wildman–Crippen MR) is 65.5 cm³/mol. The Morgan fingerprint density at radius 1 is 1.47 bits per heavy atom. The molecule has 0 aromatic carbocycles. The first kappa shape index (κ1) is 13.3. The number of nitrogens with one attached hydrogen (secondary N) is 1. The highest BCUT2D eigenvalue weighted by Crippen LogP contribution is 2.24. The lowest BCUT2D eigenvalue weighted by molar-refractivity contribution is 0.169. The quantitative estimate of drug-likeness (QED) is 0.588. The van der Waals surface area contributed by atoms with Crippen molar-refractivity contribution in [3.63, 3.8) is 0 Å². The van der Waals surface area contributed by atoms with Gasteiger partial charge >= 0.3 is 0 Å². The lowest BCUT2D eigenvalue weighted by Crippen LogP contribution is -2.47. The molecule has 2 N–H and O–H groups in total. The van der Waals surface area contributed by atoms with Gasteiger partial charge in [-0.1, -0.05) is 0 Å². The van der Waals surface area contributed by atoms with E-state index in [2.05, 4.69) is 12.2 Å². The van der Waals surface area contributed by atoms with Gasteiger partial charge in [-0.05, 0) is 31.9 Å². The summed E-state index contributed by atoms with van der Waals surface area (Å²) >= 11 is 1.89. The van der Waals surface area contributed by atoms with Crippen molar-refractivity contribution in [2.45, 2.75) is 37.8 Å². The highest BCUT2D eigenvalue weighted by Gasteiger charge is 2.31. The number of thioether (sulfide) groups is 1. The summed E-state index contributed by atoms with van der Waals surface area (Å²) in [5.41, 5.74) is -0.0821. The SMILES string of the molecule is COCCSCCC(C)(CO)NC1CC1. The molecular weight excluding hydrogens is 210 g/mol. The van der Waals surface area contributed by atoms with Crippen LogP contribution in [0.5, 0.6) is 0 Å². The van der Waals surface area contributed by atoms with E-state index in [1.54, 1.807) is 7.11 Å². The molecule has 0 amide bonds. The van der Waals surface area contributed by atoms with Crippen LogP contribution in [-0.2, 0) is 4.74 Å². The van der Waals surface area contributed by atoms with Crippen LogP contribution in [0.15, 0.2) is 0 Å². The zero-order valence-corrected chi connectivity index (χ0v) is 10.6. The molecule has 1 rings (SSSR count). The molecule has 1 aliphatic carbocycles. The Labute approximate surface area is 97.0 Å². The van der Waals surface area contributed by atoms with Gasteiger partial charge in [0.2, 0.25) is 0 Å². The average molecular weight is 233 g/mol. The Morgan fingerprint density at radius 3 is 2.73 bits per heavy atom. The van der Waals surface area contributed by atoms with Crippen molar-refractivity contribution in [3.05, 3.63) is 0 Å². The minimum absolute atomic E-state index is 0.0821. The first-order valence-electron chi connectivity index (χ1n) is 5.65. The molecule has 4 heteroatoms. The number of methoxy groups -OCH3 is 1. The molecule has 90 valence electrons. The molecule has 1 saturated carbocycles. The zero-order valence-electron chi connectivity index (χ0n) is 9.79. The second kappa shape index (κ2) is 6.74. The second-order valence-electron chi connectivity index (χ2n) is 4.49. The van der Waals surface area contributed by atoms with Crippen LogP contribution in [0.25, 0.3) is 0 Å². The molecule has 3 nitrogen and oxygen atoms in total. The van der Waals surface area contributed by atoms with E-state index >= 15 is 0 Å². The van der Waals surface area contributed by atoms with Crippen molar-refractivity contribution in [3.8, 4) is 0 Å². The van der Waals surface area contributed by atoms with Crippen LogP contribution in [0.3, 0.4) is 0 Å². The summed E-state index contributed by atoms with van der Waals surface area (Å²) in [5.74, 6) is 2.13. The lowest BCUT2D eigenvalue weighted by Gasteiger charge is -2.28. The van der Waals surface area contributed by atoms with Gasteiger partial charge in [-0.25, -0.2) is 0 Å². The van der Waals surface area contributed by atoms with Crippen molar-refractivity contribution in [1.82, 2.24) is 5.32 Å². The Bertz CT molecular complexity index is 176. The molecule has 0 spiro atoms. The molecule has 0 heterocycles. The topological polar surface area (TPSA) is 41.5 Å². The van der Waals surface area contributed by atoms with Gasteiger partial charge in [0.1, 0.15) is 0 Å². The fourth-order valence-corrected chi connectivity index (χ4v) is 2.54. The molecule has 1 fully saturated rings. The average Bonchev–Trinajstić information content (AvgIpc) is 3.01. The highest BCUT2D eigenvalue weighted by molar-refractivity contribution is 7.99. The second-order valence-corrected chi connectivity index (χ2v) is 5.72. The molecule has 1 unspecified atom stereocenters. The van der Waals surface area contributed by atoms with Crippen LogP contribution in [0.2, 0.25) is 0 Å². The number of hydrogen-bond acceptors (Lipinski definition) is 4. The van der Waals surface area contributed by atoms with E-state index < -0.39 is 0 Å². The maximum atomic E-state index is 9.37. The van der Waals surface area contributed by atoms with E-state index in [4.69, 9.17) is 4.74 Å². The summed E-state index contributed by atoms with van der Waals surface area (Å²) in [4.78, 5) is 0. The van der Waals surface area contributed by atoms with Crippen LogP contribution < -0.4 is 5.32 Å². The Kier molecular flexibility index (Phi) is 5.97. The normalized spacial score (nSPS) is 20.2. The fraction of sp³-hybridized carbons (Fsp3) is 1.00. The number of rotatable bonds is 9. The lowest BCUT2D eigenvalue weighted by atomic mass is 10.0. The first-order valence-corrected chi connectivity index (χ1v) is 6.81. The maximum Gasteiger partial charge on any atom is 0.0610 e. The van der Waals surface area contributed by atoms with Crippen molar-refractivity contribution in [1.29, 1.82) is 0 Å². The van der Waals surface area contributed by atoms with Gasteiger partial charge in [0.05, 0.1) is 13.2 Å². The van der Waals surface area contributed by atoms with Crippen molar-refractivity contribution in [2.75, 3.05) is 31.8 Å². The van der Waals surface area contributed by atoms with Crippen LogP contribution in [0, 0.1) is 0 Å². The smallest absolute Gasteiger partial charge is 0.0610 e. The van der Waals surface area contributed by atoms with Gasteiger partial charge in [-0.3, -0.25) is 0 Å². The minimum Gasteiger partial charge on any atom is -0.394 e. The van der Waals surface area contributed by atoms with Crippen molar-refractivity contribution in [2.24, 2.45) is 0 Å². The molecule has 0 saturated heterocycles. The molecule has 0 radical (unpaired) electrons. The molecular formula is C11H23NO2S. The maximum absolute atomic E-state index is 9.37. The Balaban J connectivity index is 2.08. The third kappa shape index (κ3) is 5.76. The number of hydrogen-bond donors (Lipinski definition) is 2. The molecule has 0 aromatic rings. The van der Waals surface area contributed by atoms with E-state index in [0.29, 0.717) is 6.04 Å². The molecule has 0 bridgehead atoms. The van der Waals surface area contributed by atoms with Gasteiger partial charge in [0, 0.05) is 24.4 Å². The van der Waals surface area contributed by atoms with Crippen LogP contribution in [0.1, 0.15) is 26.2 Å². The number of ether oxygens (including phenoxy) is 1. The van der Waals surface area contributed by atoms with Crippen LogP contribution in [-0.4, -0.2) is 48.5 Å². The number of aliphatic hydroxyl groups is 1. The summed E-state index contributed by atoms with van der Waals surface area (Å²) in [6.45, 7) is 3.16. The number of aliphatic hydroxyl groups excluding tert-OH is 1. The summed E-state index contributed by atoms with van der Waals surface area (Å²) in [5, 5.41) is 12.9. The van der Waals surface area contributed by atoms with Crippen LogP contribution >= 0.6 is 11.8 Å². The van der Waals surface area contributed by atoms with Gasteiger partial charge < -0.3 is 15.2 Å². The molecule has 0 aliphatic heterocycles. The largest absolute Gasteiger partial charge is 0.394 e. The fourth-order valence-electron chi connectivity index (χ4n) is 1.46. The molecule has 15 heavy (non-hydrogen) atoms. The third-order valence-corrected chi connectivity index (χ3v) is 3.66. The zero-order chi connectivity index (χ0) is 11.1. The first-order chi connectivity index (χ1) is 7.20. The van der Waals surface area contributed by atoms with Gasteiger partial charge in [0.25, 0.3) is 0 Å². The van der Waals surface area contributed by atoms with Gasteiger partial charge in [0.15, 0.2) is 0 Å². The van der Waals surface area contributed by atoms with Gasteiger partial charge in [-0.15, -0.1) is 0 Å².